The lowest BCUT2D eigenvalue weighted by Gasteiger charge is -2.34. The fraction of sp³-hybridized carbons (Fsp3) is 0.286. The van der Waals surface area contributed by atoms with E-state index in [2.05, 4.69) is 56.5 Å². The number of benzene rings is 2. The largest absolute Gasteiger partial charge is 0.388 e. The zero-order valence-corrected chi connectivity index (χ0v) is 15.9. The van der Waals surface area contributed by atoms with Crippen molar-refractivity contribution in [3.8, 4) is 11.1 Å². The van der Waals surface area contributed by atoms with Gasteiger partial charge in [0.2, 0.25) is 5.91 Å². The topological polar surface area (TPSA) is 87.4 Å². The van der Waals surface area contributed by atoms with Gasteiger partial charge in [0, 0.05) is 38.9 Å². The Bertz CT molecular complexity index is 980. The smallest absolute Gasteiger partial charge is 0.231 e. The molecule has 1 amide bonds. The Labute approximate surface area is 164 Å². The minimum atomic E-state index is -0.283. The number of carbonyl (C=O) groups is 1. The van der Waals surface area contributed by atoms with Crippen LogP contribution in [0.2, 0.25) is 0 Å². The van der Waals surface area contributed by atoms with Crippen molar-refractivity contribution >= 4 is 28.4 Å². The molecule has 0 saturated carbocycles. The second-order valence-electron chi connectivity index (χ2n) is 6.99. The molecule has 7 heteroatoms. The molecule has 1 fully saturated rings. The van der Waals surface area contributed by atoms with Gasteiger partial charge in [0.25, 0.3) is 0 Å². The number of amides is 1. The number of rotatable bonds is 5. The van der Waals surface area contributed by atoms with Gasteiger partial charge in [-0.05, 0) is 35.4 Å². The highest BCUT2D eigenvalue weighted by atomic mass is 16.1. The third kappa shape index (κ3) is 3.89. The molecule has 0 unspecified atom stereocenters. The summed E-state index contributed by atoms with van der Waals surface area (Å²) in [7, 11) is 1.91. The van der Waals surface area contributed by atoms with Crippen LogP contribution in [0.5, 0.6) is 0 Å². The summed E-state index contributed by atoms with van der Waals surface area (Å²) in [6.45, 7) is 3.51. The first-order chi connectivity index (χ1) is 13.6. The average Bonchev–Trinajstić information content (AvgIpc) is 2.73. The number of carbonyl (C=O) groups excluding carboxylic acids is 1. The Hall–Kier alpha value is -3.19. The summed E-state index contributed by atoms with van der Waals surface area (Å²) in [5.74, 6) is 0.586. The van der Waals surface area contributed by atoms with Crippen molar-refractivity contribution in [1.82, 2.24) is 14.9 Å². The lowest BCUT2D eigenvalue weighted by atomic mass is 10.0. The molecule has 3 aromatic rings. The predicted molar refractivity (Wildman–Crippen MR) is 112 cm³/mol. The Morgan fingerprint density at radius 2 is 1.75 bits per heavy atom. The Kier molecular flexibility index (Phi) is 5.08. The molecule has 2 heterocycles. The number of nitrogens with one attached hydrogen (secondary N) is 1. The lowest BCUT2D eigenvalue weighted by Crippen LogP contribution is -2.49. The molecular formula is C21H24N6O. The molecule has 1 aliphatic heterocycles. The molecule has 28 heavy (non-hydrogen) atoms. The fourth-order valence-corrected chi connectivity index (χ4v) is 3.52. The van der Waals surface area contributed by atoms with Gasteiger partial charge in [0.15, 0.2) is 0 Å². The average molecular weight is 376 g/mol. The van der Waals surface area contributed by atoms with E-state index in [1.807, 2.05) is 19.3 Å². The molecule has 0 radical (unpaired) electrons. The normalized spacial score (nSPS) is 15.0. The van der Waals surface area contributed by atoms with Crippen molar-refractivity contribution in [2.45, 2.75) is 0 Å². The van der Waals surface area contributed by atoms with Gasteiger partial charge in [-0.1, -0.05) is 18.2 Å². The Morgan fingerprint density at radius 1 is 1.04 bits per heavy atom. The number of nitrogens with zero attached hydrogens (tertiary/aromatic N) is 4. The van der Waals surface area contributed by atoms with Crippen molar-refractivity contribution in [2.75, 3.05) is 50.0 Å². The van der Waals surface area contributed by atoms with Gasteiger partial charge in [-0.3, -0.25) is 14.7 Å². The quantitative estimate of drug-likeness (QED) is 0.708. The zero-order valence-electron chi connectivity index (χ0n) is 15.9. The van der Waals surface area contributed by atoms with Gasteiger partial charge in [-0.15, -0.1) is 0 Å². The highest BCUT2D eigenvalue weighted by Crippen LogP contribution is 2.25. The van der Waals surface area contributed by atoms with E-state index in [0.29, 0.717) is 6.54 Å². The maximum Gasteiger partial charge on any atom is 0.231 e. The van der Waals surface area contributed by atoms with Crippen molar-refractivity contribution in [3.05, 3.63) is 48.7 Å². The van der Waals surface area contributed by atoms with Crippen LogP contribution in [0.15, 0.2) is 48.7 Å². The van der Waals surface area contributed by atoms with E-state index >= 15 is 0 Å². The number of piperazine rings is 1. The highest BCUT2D eigenvalue weighted by Gasteiger charge is 2.19. The van der Waals surface area contributed by atoms with Crippen LogP contribution in [0.4, 0.5) is 11.5 Å². The van der Waals surface area contributed by atoms with Gasteiger partial charge in [0.1, 0.15) is 5.82 Å². The van der Waals surface area contributed by atoms with Crippen LogP contribution in [0, 0.1) is 0 Å². The number of hydrogen-bond acceptors (Lipinski definition) is 6. The maximum absolute atomic E-state index is 11.1. The maximum atomic E-state index is 11.1. The molecule has 1 aromatic heterocycles. The third-order valence-electron chi connectivity index (χ3n) is 5.11. The third-order valence-corrected chi connectivity index (χ3v) is 5.11. The zero-order chi connectivity index (χ0) is 19.5. The minimum absolute atomic E-state index is 0.283. The minimum Gasteiger partial charge on any atom is -0.388 e. The molecule has 144 valence electrons. The molecule has 7 nitrogen and oxygen atoms in total. The van der Waals surface area contributed by atoms with Crippen LogP contribution in [-0.2, 0) is 4.79 Å². The Morgan fingerprint density at radius 3 is 2.43 bits per heavy atom. The molecule has 0 spiro atoms. The van der Waals surface area contributed by atoms with E-state index in [0.717, 1.165) is 59.8 Å². The van der Waals surface area contributed by atoms with Gasteiger partial charge < -0.3 is 16.0 Å². The van der Waals surface area contributed by atoms with E-state index in [4.69, 9.17) is 10.7 Å². The van der Waals surface area contributed by atoms with Crippen LogP contribution in [0.1, 0.15) is 0 Å². The first kappa shape index (κ1) is 18.2. The molecule has 2 aromatic carbocycles. The van der Waals surface area contributed by atoms with Gasteiger partial charge in [-0.2, -0.15) is 0 Å². The molecule has 0 bridgehead atoms. The van der Waals surface area contributed by atoms with E-state index < -0.39 is 0 Å². The van der Waals surface area contributed by atoms with Gasteiger partial charge in [0.05, 0.1) is 23.8 Å². The first-order valence-electron chi connectivity index (χ1n) is 9.43. The number of anilines is 2. The summed E-state index contributed by atoms with van der Waals surface area (Å²) >= 11 is 0. The fourth-order valence-electron chi connectivity index (χ4n) is 3.52. The van der Waals surface area contributed by atoms with Crippen LogP contribution >= 0.6 is 0 Å². The summed E-state index contributed by atoms with van der Waals surface area (Å²) in [5, 5.41) is 3.14. The van der Waals surface area contributed by atoms with Crippen molar-refractivity contribution in [1.29, 1.82) is 0 Å². The Balaban J connectivity index is 1.55. The van der Waals surface area contributed by atoms with Crippen LogP contribution in [-0.4, -0.2) is 60.5 Å². The predicted octanol–water partition coefficient (Wildman–Crippen LogP) is 1.95. The van der Waals surface area contributed by atoms with E-state index in [9.17, 15) is 4.79 Å². The highest BCUT2D eigenvalue weighted by molar-refractivity contribution is 5.82. The summed E-state index contributed by atoms with van der Waals surface area (Å²) < 4.78 is 0. The number of hydrogen-bond donors (Lipinski definition) is 2. The lowest BCUT2D eigenvalue weighted by molar-refractivity contribution is -0.119. The number of nitrogens with two attached hydrogens (primary N) is 1. The molecule has 4 rings (SSSR count). The van der Waals surface area contributed by atoms with E-state index in [-0.39, 0.29) is 5.91 Å². The van der Waals surface area contributed by atoms with E-state index in [1.165, 1.54) is 0 Å². The summed E-state index contributed by atoms with van der Waals surface area (Å²) in [5.41, 5.74) is 10.4. The molecule has 0 atom stereocenters. The van der Waals surface area contributed by atoms with Crippen molar-refractivity contribution in [3.63, 3.8) is 0 Å². The second-order valence-corrected chi connectivity index (χ2v) is 6.99. The number of fused-ring (bicyclic) bond motifs is 1. The van der Waals surface area contributed by atoms with Crippen LogP contribution in [0.25, 0.3) is 22.2 Å². The molecule has 0 aliphatic carbocycles. The van der Waals surface area contributed by atoms with E-state index in [1.54, 1.807) is 0 Å². The second kappa shape index (κ2) is 7.82. The molecule has 3 N–H and O–H groups in total. The SMILES string of the molecule is CNc1ccc(-c2ccc3ncc(N4CCN(CC(N)=O)CC4)nc3c2)cc1. The summed E-state index contributed by atoms with van der Waals surface area (Å²) in [4.78, 5) is 24.8. The van der Waals surface area contributed by atoms with Crippen LogP contribution in [0.3, 0.4) is 0 Å². The van der Waals surface area contributed by atoms with Crippen molar-refractivity contribution in [2.24, 2.45) is 5.73 Å². The van der Waals surface area contributed by atoms with Crippen LogP contribution < -0.4 is 16.0 Å². The summed E-state index contributed by atoms with van der Waals surface area (Å²) in [6.07, 6.45) is 1.83. The number of primary amides is 1. The molecular weight excluding hydrogens is 352 g/mol. The first-order valence-corrected chi connectivity index (χ1v) is 9.43. The monoisotopic (exact) mass is 376 g/mol. The molecule has 1 aliphatic rings. The molecule has 1 saturated heterocycles. The summed E-state index contributed by atoms with van der Waals surface area (Å²) in [6, 6.07) is 14.5. The van der Waals surface area contributed by atoms with Gasteiger partial charge >= 0.3 is 0 Å². The standard InChI is InChI=1S/C21H24N6O/c1-23-17-5-2-15(3-6-17)16-4-7-18-19(12-16)25-21(13-24-18)27-10-8-26(9-11-27)14-20(22)28/h2-7,12-13,23H,8-11,14H2,1H3,(H2,22,28). The van der Waals surface area contributed by atoms with Gasteiger partial charge in [-0.25, -0.2) is 4.98 Å². The van der Waals surface area contributed by atoms with Crippen molar-refractivity contribution < 1.29 is 4.79 Å². The number of aromatic nitrogens is 2.